The van der Waals surface area contributed by atoms with Crippen molar-refractivity contribution < 1.29 is 14.7 Å². The Balaban J connectivity index is 1.58. The molecule has 0 spiro atoms. The Hall–Kier alpha value is -2.78. The Bertz CT molecular complexity index is 947. The molecule has 3 aromatic rings. The number of phenols is 1. The number of phenolic OH excluding ortho intramolecular Hbond substituents is 1. The van der Waals surface area contributed by atoms with Crippen molar-refractivity contribution in [2.75, 3.05) is 20.2 Å². The maximum absolute atomic E-state index is 10.5. The van der Waals surface area contributed by atoms with Crippen molar-refractivity contribution in [1.29, 1.82) is 0 Å². The third-order valence-corrected chi connectivity index (χ3v) is 5.27. The fourth-order valence-corrected chi connectivity index (χ4v) is 3.77. The van der Waals surface area contributed by atoms with Gasteiger partial charge in [0.15, 0.2) is 0 Å². The molecule has 132 valence electrons. The molecule has 1 aliphatic heterocycles. The van der Waals surface area contributed by atoms with E-state index < -0.39 is 0 Å². The highest BCUT2D eigenvalue weighted by Crippen LogP contribution is 2.30. The summed E-state index contributed by atoms with van der Waals surface area (Å²) >= 11 is 0. The molecule has 0 radical (unpaired) electrons. The van der Waals surface area contributed by atoms with Crippen LogP contribution in [0.4, 0.5) is 0 Å². The monoisotopic (exact) mass is 346 g/mol. The van der Waals surface area contributed by atoms with Crippen molar-refractivity contribution in [1.82, 2.24) is 0 Å². The Morgan fingerprint density at radius 3 is 2.58 bits per heavy atom. The predicted octanol–water partition coefficient (Wildman–Crippen LogP) is 3.43. The van der Waals surface area contributed by atoms with Crippen LogP contribution in [-0.2, 0) is 6.54 Å². The first-order valence-electron chi connectivity index (χ1n) is 9.11. The maximum atomic E-state index is 10.5. The molecule has 1 heterocycles. The zero-order chi connectivity index (χ0) is 17.9. The van der Waals surface area contributed by atoms with E-state index in [1.165, 1.54) is 16.0 Å². The smallest absolute Gasteiger partial charge is 0.125 e. The molecule has 4 rings (SSSR count). The van der Waals surface area contributed by atoms with Gasteiger partial charge in [-0.3, -0.25) is 0 Å². The molecule has 0 aliphatic carbocycles. The third kappa shape index (κ3) is 3.31. The van der Waals surface area contributed by atoms with Crippen LogP contribution in [0, 0.1) is 0 Å². The number of methoxy groups -OCH3 is 1. The highest BCUT2D eigenvalue weighted by atomic mass is 16.5. The van der Waals surface area contributed by atoms with Crippen molar-refractivity contribution in [3.8, 4) is 11.5 Å². The van der Waals surface area contributed by atoms with Crippen LogP contribution in [0.3, 0.4) is 0 Å². The van der Waals surface area contributed by atoms with E-state index in [-0.39, 0.29) is 0 Å². The van der Waals surface area contributed by atoms with Crippen LogP contribution in [0.1, 0.15) is 17.5 Å². The number of fused-ring (bicyclic) bond motifs is 1. The molecular weight excluding hydrogens is 322 g/mol. The topological polar surface area (TPSA) is 33.9 Å². The van der Waals surface area contributed by atoms with Crippen LogP contribution < -0.4 is 9.64 Å². The zero-order valence-corrected chi connectivity index (χ0v) is 15.0. The molecular formula is C23H24NO2+. The van der Waals surface area contributed by atoms with Gasteiger partial charge in [0.05, 0.1) is 25.8 Å². The molecule has 1 unspecified atom stereocenters. The van der Waals surface area contributed by atoms with Gasteiger partial charge in [0, 0.05) is 6.42 Å². The van der Waals surface area contributed by atoms with Crippen LogP contribution in [0.15, 0.2) is 66.7 Å². The fraction of sp³-hybridized carbons (Fsp3) is 0.217. The number of benzene rings is 3. The quantitative estimate of drug-likeness (QED) is 0.759. The third-order valence-electron chi connectivity index (χ3n) is 5.27. The van der Waals surface area contributed by atoms with E-state index in [4.69, 9.17) is 4.74 Å². The first kappa shape index (κ1) is 16.7. The van der Waals surface area contributed by atoms with E-state index in [0.29, 0.717) is 5.75 Å². The second-order valence-electron chi connectivity index (χ2n) is 6.88. The van der Waals surface area contributed by atoms with Crippen LogP contribution in [0.5, 0.6) is 11.5 Å². The van der Waals surface area contributed by atoms with Crippen LogP contribution in [0.25, 0.3) is 16.3 Å². The van der Waals surface area contributed by atoms with E-state index in [1.807, 2.05) is 18.2 Å². The molecule has 0 saturated heterocycles. The zero-order valence-electron chi connectivity index (χ0n) is 15.0. The molecule has 0 aromatic heterocycles. The standard InChI is InChI=1S/C23H23NO2/c1-26-20-9-7-19-8-10-23(25)22(21(19)15-20)16-24-13-11-18(12-14-24)17-5-3-2-4-6-17/h2-11,15,25H,12-14,16H2,1H3/p+1. The molecule has 0 amide bonds. The average molecular weight is 346 g/mol. The Morgan fingerprint density at radius 1 is 1.04 bits per heavy atom. The lowest BCUT2D eigenvalue weighted by atomic mass is 9.98. The molecule has 3 nitrogen and oxygen atoms in total. The largest absolute Gasteiger partial charge is 0.507 e. The van der Waals surface area contributed by atoms with Gasteiger partial charge in [-0.2, -0.15) is 0 Å². The number of rotatable bonds is 4. The van der Waals surface area contributed by atoms with Crippen LogP contribution in [0.2, 0.25) is 0 Å². The Labute approximate surface area is 154 Å². The van der Waals surface area contributed by atoms with Crippen molar-refractivity contribution in [2.45, 2.75) is 13.0 Å². The first-order valence-corrected chi connectivity index (χ1v) is 9.11. The molecule has 26 heavy (non-hydrogen) atoms. The summed E-state index contributed by atoms with van der Waals surface area (Å²) in [6.45, 7) is 2.86. The molecule has 3 heteroatoms. The van der Waals surface area contributed by atoms with Gasteiger partial charge in [0.25, 0.3) is 0 Å². The lowest BCUT2D eigenvalue weighted by molar-refractivity contribution is -0.908. The Kier molecular flexibility index (Phi) is 4.63. The summed E-state index contributed by atoms with van der Waals surface area (Å²) in [5.74, 6) is 1.19. The molecule has 2 N–H and O–H groups in total. The van der Waals surface area contributed by atoms with Crippen molar-refractivity contribution in [3.05, 3.63) is 77.9 Å². The number of hydrogen-bond acceptors (Lipinski definition) is 2. The fourth-order valence-electron chi connectivity index (χ4n) is 3.77. The molecule has 0 fully saturated rings. The minimum atomic E-state index is 0.371. The van der Waals surface area contributed by atoms with E-state index in [1.54, 1.807) is 13.2 Å². The van der Waals surface area contributed by atoms with E-state index in [0.717, 1.165) is 48.1 Å². The van der Waals surface area contributed by atoms with E-state index in [2.05, 4.69) is 42.5 Å². The van der Waals surface area contributed by atoms with Crippen LogP contribution >= 0.6 is 0 Å². The van der Waals surface area contributed by atoms with Gasteiger partial charge < -0.3 is 14.7 Å². The van der Waals surface area contributed by atoms with Gasteiger partial charge in [-0.25, -0.2) is 0 Å². The second-order valence-corrected chi connectivity index (χ2v) is 6.88. The van der Waals surface area contributed by atoms with E-state index in [9.17, 15) is 5.11 Å². The van der Waals surface area contributed by atoms with Gasteiger partial charge >= 0.3 is 0 Å². The minimum Gasteiger partial charge on any atom is -0.507 e. The van der Waals surface area contributed by atoms with Gasteiger partial charge in [0.1, 0.15) is 18.0 Å². The molecule has 1 aliphatic rings. The second kappa shape index (κ2) is 7.22. The lowest BCUT2D eigenvalue weighted by Gasteiger charge is -2.24. The SMILES string of the molecule is COc1ccc2ccc(O)c(C[NH+]3CC=C(c4ccccc4)CC3)c2c1. The number of ether oxygens (including phenoxy) is 1. The molecule has 3 aromatic carbocycles. The molecule has 0 bridgehead atoms. The summed E-state index contributed by atoms with van der Waals surface area (Å²) in [5.41, 5.74) is 3.76. The van der Waals surface area contributed by atoms with Crippen LogP contribution in [-0.4, -0.2) is 25.3 Å². The summed E-state index contributed by atoms with van der Waals surface area (Å²) < 4.78 is 5.37. The molecule has 0 saturated carbocycles. The highest BCUT2D eigenvalue weighted by molar-refractivity contribution is 5.88. The van der Waals surface area contributed by atoms with Crippen molar-refractivity contribution >= 4 is 16.3 Å². The predicted molar refractivity (Wildman–Crippen MR) is 106 cm³/mol. The molecule has 1 atom stereocenters. The summed E-state index contributed by atoms with van der Waals surface area (Å²) in [4.78, 5) is 1.47. The van der Waals surface area contributed by atoms with Gasteiger partial charge in [-0.15, -0.1) is 0 Å². The minimum absolute atomic E-state index is 0.371. The lowest BCUT2D eigenvalue weighted by Crippen LogP contribution is -3.11. The number of nitrogens with one attached hydrogen (secondary N) is 1. The maximum Gasteiger partial charge on any atom is 0.125 e. The highest BCUT2D eigenvalue weighted by Gasteiger charge is 2.19. The van der Waals surface area contributed by atoms with Gasteiger partial charge in [-0.05, 0) is 46.2 Å². The van der Waals surface area contributed by atoms with Crippen molar-refractivity contribution in [2.24, 2.45) is 0 Å². The van der Waals surface area contributed by atoms with Gasteiger partial charge in [-0.1, -0.05) is 42.5 Å². The summed E-state index contributed by atoms with van der Waals surface area (Å²) in [6, 6.07) is 20.4. The van der Waals surface area contributed by atoms with E-state index >= 15 is 0 Å². The van der Waals surface area contributed by atoms with Gasteiger partial charge in [0.2, 0.25) is 0 Å². The first-order chi connectivity index (χ1) is 12.7. The summed E-state index contributed by atoms with van der Waals surface area (Å²) in [6.07, 6.45) is 3.41. The summed E-state index contributed by atoms with van der Waals surface area (Å²) in [5, 5.41) is 12.7. The number of quaternary nitrogens is 1. The normalized spacial score (nSPS) is 17.1. The van der Waals surface area contributed by atoms with Crippen molar-refractivity contribution in [3.63, 3.8) is 0 Å². The Morgan fingerprint density at radius 2 is 1.85 bits per heavy atom. The number of hydrogen-bond donors (Lipinski definition) is 2. The summed E-state index contributed by atoms with van der Waals surface area (Å²) in [7, 11) is 1.68. The average Bonchev–Trinajstić information content (AvgIpc) is 2.71. The number of aromatic hydroxyl groups is 1.